The van der Waals surface area contributed by atoms with Crippen LogP contribution in [0.1, 0.15) is 57.4 Å². The van der Waals surface area contributed by atoms with Gasteiger partial charge in [0.2, 0.25) is 6.86 Å². The van der Waals surface area contributed by atoms with Crippen LogP contribution in [0.4, 0.5) is 8.78 Å². The zero-order chi connectivity index (χ0) is 19.1. The van der Waals surface area contributed by atoms with E-state index in [0.717, 1.165) is 35.8 Å². The van der Waals surface area contributed by atoms with Gasteiger partial charge < -0.3 is 4.74 Å². The van der Waals surface area contributed by atoms with E-state index in [2.05, 4.69) is 6.92 Å². The number of alkyl halides is 1. The predicted octanol–water partition coefficient (Wildman–Crippen LogP) is 7.34. The zero-order valence-corrected chi connectivity index (χ0v) is 16.2. The van der Waals surface area contributed by atoms with E-state index < -0.39 is 6.86 Å². The van der Waals surface area contributed by atoms with Crippen molar-refractivity contribution in [2.75, 3.05) is 6.86 Å². The van der Waals surface area contributed by atoms with Crippen LogP contribution in [0.3, 0.4) is 0 Å². The maximum Gasteiger partial charge on any atom is 0.228 e. The maximum atomic E-state index is 14.6. The quantitative estimate of drug-likeness (QED) is 0.471. The third-order valence-electron chi connectivity index (χ3n) is 5.92. The lowest BCUT2D eigenvalue weighted by Crippen LogP contribution is -2.15. The smallest absolute Gasteiger partial charge is 0.228 e. The molecule has 0 amide bonds. The van der Waals surface area contributed by atoms with Crippen molar-refractivity contribution in [3.8, 4) is 16.9 Å². The van der Waals surface area contributed by atoms with E-state index in [1.54, 1.807) is 30.3 Å². The monoisotopic (exact) mass is 372 g/mol. The van der Waals surface area contributed by atoms with Crippen LogP contribution in [-0.4, -0.2) is 6.86 Å². The van der Waals surface area contributed by atoms with Crippen LogP contribution in [0.25, 0.3) is 11.1 Å². The molecule has 3 heteroatoms. The van der Waals surface area contributed by atoms with E-state index in [1.807, 2.05) is 12.1 Å². The SMILES string of the molecule is CCCC1CCC(CCc2ccc(-c3ccc(OCF)cc3)c(F)c2)CC1. The average Bonchev–Trinajstić information content (AvgIpc) is 2.69. The van der Waals surface area contributed by atoms with E-state index in [0.29, 0.717) is 11.3 Å². The van der Waals surface area contributed by atoms with E-state index in [9.17, 15) is 8.78 Å². The van der Waals surface area contributed by atoms with Gasteiger partial charge in [-0.25, -0.2) is 8.78 Å². The molecule has 146 valence electrons. The summed E-state index contributed by atoms with van der Waals surface area (Å²) >= 11 is 0. The summed E-state index contributed by atoms with van der Waals surface area (Å²) in [7, 11) is 0. The molecular formula is C24H30F2O. The highest BCUT2D eigenvalue weighted by atomic mass is 19.1. The van der Waals surface area contributed by atoms with Crippen LogP contribution in [0.15, 0.2) is 42.5 Å². The molecule has 1 fully saturated rings. The fourth-order valence-electron chi connectivity index (χ4n) is 4.33. The average molecular weight is 372 g/mol. The van der Waals surface area contributed by atoms with Gasteiger partial charge in [0.05, 0.1) is 0 Å². The normalized spacial score (nSPS) is 19.8. The highest BCUT2D eigenvalue weighted by molar-refractivity contribution is 5.65. The van der Waals surface area contributed by atoms with Crippen molar-refractivity contribution in [1.82, 2.24) is 0 Å². The molecule has 0 saturated heterocycles. The number of benzene rings is 2. The molecule has 3 rings (SSSR count). The molecule has 2 aromatic carbocycles. The molecular weight excluding hydrogens is 342 g/mol. The molecule has 0 unspecified atom stereocenters. The molecule has 1 saturated carbocycles. The maximum absolute atomic E-state index is 14.6. The minimum absolute atomic E-state index is 0.196. The lowest BCUT2D eigenvalue weighted by molar-refractivity contribution is 0.192. The van der Waals surface area contributed by atoms with Crippen LogP contribution in [0, 0.1) is 17.7 Å². The molecule has 0 aromatic heterocycles. The lowest BCUT2D eigenvalue weighted by Gasteiger charge is -2.28. The minimum Gasteiger partial charge on any atom is -0.463 e. The molecule has 0 N–H and O–H groups in total. The molecule has 2 aromatic rings. The summed E-state index contributed by atoms with van der Waals surface area (Å²) in [5, 5.41) is 0. The summed E-state index contributed by atoms with van der Waals surface area (Å²) in [4.78, 5) is 0. The number of rotatable bonds is 8. The Morgan fingerprint density at radius 1 is 0.926 bits per heavy atom. The van der Waals surface area contributed by atoms with Gasteiger partial charge in [-0.05, 0) is 54.0 Å². The predicted molar refractivity (Wildman–Crippen MR) is 107 cm³/mol. The summed E-state index contributed by atoms with van der Waals surface area (Å²) in [5.41, 5.74) is 2.43. The second-order valence-corrected chi connectivity index (χ2v) is 7.81. The summed E-state index contributed by atoms with van der Waals surface area (Å²) in [6, 6.07) is 12.4. The van der Waals surface area contributed by atoms with Crippen molar-refractivity contribution >= 4 is 0 Å². The molecule has 0 spiro atoms. The van der Waals surface area contributed by atoms with Crippen molar-refractivity contribution in [2.24, 2.45) is 11.8 Å². The van der Waals surface area contributed by atoms with Crippen molar-refractivity contribution in [3.63, 3.8) is 0 Å². The van der Waals surface area contributed by atoms with Gasteiger partial charge in [-0.2, -0.15) is 0 Å². The molecule has 1 nitrogen and oxygen atoms in total. The first-order valence-electron chi connectivity index (χ1n) is 10.3. The van der Waals surface area contributed by atoms with Crippen molar-refractivity contribution in [1.29, 1.82) is 0 Å². The van der Waals surface area contributed by atoms with Crippen molar-refractivity contribution < 1.29 is 13.5 Å². The van der Waals surface area contributed by atoms with Gasteiger partial charge in [-0.15, -0.1) is 0 Å². The summed E-state index contributed by atoms with van der Waals surface area (Å²) in [6.07, 6.45) is 10.2. The highest BCUT2D eigenvalue weighted by Crippen LogP contribution is 2.34. The number of ether oxygens (including phenoxy) is 1. The second kappa shape index (κ2) is 9.87. The van der Waals surface area contributed by atoms with Crippen molar-refractivity contribution in [3.05, 3.63) is 53.8 Å². The van der Waals surface area contributed by atoms with Crippen LogP contribution in [0.5, 0.6) is 5.75 Å². The Kier molecular flexibility index (Phi) is 7.25. The number of aryl methyl sites for hydroxylation is 1. The molecule has 0 heterocycles. The zero-order valence-electron chi connectivity index (χ0n) is 16.2. The summed E-state index contributed by atoms with van der Waals surface area (Å²) in [5.74, 6) is 1.99. The summed E-state index contributed by atoms with van der Waals surface area (Å²) < 4.78 is 31.6. The molecule has 0 bridgehead atoms. The number of halogens is 2. The van der Waals surface area contributed by atoms with Gasteiger partial charge in [-0.3, -0.25) is 0 Å². The van der Waals surface area contributed by atoms with Crippen molar-refractivity contribution in [2.45, 2.75) is 58.3 Å². The van der Waals surface area contributed by atoms with Gasteiger partial charge in [0, 0.05) is 5.56 Å². The second-order valence-electron chi connectivity index (χ2n) is 7.81. The van der Waals surface area contributed by atoms with E-state index >= 15 is 0 Å². The van der Waals surface area contributed by atoms with Gasteiger partial charge in [0.15, 0.2) is 0 Å². The standard InChI is InChI=1S/C24H30F2O/c1-2-3-18-4-6-19(7-5-18)8-9-20-10-15-23(24(26)16-20)21-11-13-22(14-12-21)27-17-25/h10-16,18-19H,2-9,17H2,1H3. The Morgan fingerprint density at radius 2 is 1.59 bits per heavy atom. The van der Waals surface area contributed by atoms with Crippen LogP contribution >= 0.6 is 0 Å². The highest BCUT2D eigenvalue weighted by Gasteiger charge is 2.20. The van der Waals surface area contributed by atoms with E-state index in [1.165, 1.54) is 38.5 Å². The molecule has 0 atom stereocenters. The fourth-order valence-corrected chi connectivity index (χ4v) is 4.33. The first kappa shape index (κ1) is 19.9. The number of hydrogen-bond donors (Lipinski definition) is 0. The largest absolute Gasteiger partial charge is 0.463 e. The van der Waals surface area contributed by atoms with Gasteiger partial charge in [0.1, 0.15) is 11.6 Å². The minimum atomic E-state index is -0.858. The Bertz CT molecular complexity index is 703. The molecule has 1 aliphatic carbocycles. The first-order valence-corrected chi connectivity index (χ1v) is 10.3. The number of hydrogen-bond acceptors (Lipinski definition) is 1. The Balaban J connectivity index is 1.55. The van der Waals surface area contributed by atoms with Crippen LogP contribution < -0.4 is 4.74 Å². The Labute approximate surface area is 161 Å². The van der Waals surface area contributed by atoms with Gasteiger partial charge in [-0.1, -0.05) is 69.7 Å². The fraction of sp³-hybridized carbons (Fsp3) is 0.500. The molecule has 0 aliphatic heterocycles. The molecule has 27 heavy (non-hydrogen) atoms. The molecule has 0 radical (unpaired) electrons. The third kappa shape index (κ3) is 5.54. The van der Waals surface area contributed by atoms with Crippen LogP contribution in [0.2, 0.25) is 0 Å². The molecule has 1 aliphatic rings. The third-order valence-corrected chi connectivity index (χ3v) is 5.92. The first-order chi connectivity index (χ1) is 13.2. The lowest BCUT2D eigenvalue weighted by atomic mass is 9.78. The topological polar surface area (TPSA) is 9.23 Å². The Hall–Kier alpha value is -1.90. The van der Waals surface area contributed by atoms with Gasteiger partial charge in [0.25, 0.3) is 0 Å². The van der Waals surface area contributed by atoms with E-state index in [-0.39, 0.29) is 5.82 Å². The van der Waals surface area contributed by atoms with Crippen LogP contribution in [-0.2, 0) is 6.42 Å². The summed E-state index contributed by atoms with van der Waals surface area (Å²) in [6.45, 7) is 1.42. The van der Waals surface area contributed by atoms with Gasteiger partial charge >= 0.3 is 0 Å². The van der Waals surface area contributed by atoms with E-state index in [4.69, 9.17) is 4.74 Å². The Morgan fingerprint density at radius 3 is 2.19 bits per heavy atom.